The zero-order valence-corrected chi connectivity index (χ0v) is 14.3. The highest BCUT2D eigenvalue weighted by atomic mass is 35.5. The highest BCUT2D eigenvalue weighted by Gasteiger charge is 2.27. The maximum atomic E-state index is 12.2. The molecule has 0 radical (unpaired) electrons. The molecule has 4 nitrogen and oxygen atoms in total. The van der Waals surface area contributed by atoms with Crippen molar-refractivity contribution in [3.05, 3.63) is 54.6 Å². The Morgan fingerprint density at radius 2 is 1.65 bits per heavy atom. The third kappa shape index (κ3) is 5.58. The minimum absolute atomic E-state index is 0. The Hall–Kier alpha value is -2.04. The van der Waals surface area contributed by atoms with E-state index >= 15 is 0 Å². The maximum Gasteiger partial charge on any atom is 0.244 e. The van der Waals surface area contributed by atoms with E-state index in [4.69, 9.17) is 5.73 Å². The molecule has 0 aromatic heterocycles. The van der Waals surface area contributed by atoms with Crippen LogP contribution in [0.4, 0.5) is 17.1 Å². The second-order valence-electron chi connectivity index (χ2n) is 5.69. The summed E-state index contributed by atoms with van der Waals surface area (Å²) in [6.45, 7) is 3.78. The van der Waals surface area contributed by atoms with Crippen LogP contribution in [0.25, 0.3) is 0 Å². The lowest BCUT2D eigenvalue weighted by Gasteiger charge is -2.23. The standard InChI is InChI=1S/C18H23N3O.ClH/c1-3-12-18(2,19)17(22)21-16-11-7-10-15(13-16)20-14-8-5-4-6-9-14;/h4-11,13,20H,3,12,19H2,1-2H3,(H,21,22);1H. The Bertz CT molecular complexity index is 629. The molecule has 0 fully saturated rings. The van der Waals surface area contributed by atoms with Crippen molar-refractivity contribution in [3.8, 4) is 0 Å². The van der Waals surface area contributed by atoms with Gasteiger partial charge in [0.2, 0.25) is 5.91 Å². The Labute approximate surface area is 143 Å². The predicted molar refractivity (Wildman–Crippen MR) is 99.5 cm³/mol. The molecule has 0 saturated heterocycles. The van der Waals surface area contributed by atoms with Crippen molar-refractivity contribution in [2.75, 3.05) is 10.6 Å². The van der Waals surface area contributed by atoms with Gasteiger partial charge in [-0.3, -0.25) is 4.79 Å². The smallest absolute Gasteiger partial charge is 0.244 e. The fourth-order valence-electron chi connectivity index (χ4n) is 2.27. The van der Waals surface area contributed by atoms with Gasteiger partial charge >= 0.3 is 0 Å². The molecule has 1 unspecified atom stereocenters. The molecule has 2 rings (SSSR count). The van der Waals surface area contributed by atoms with Crippen LogP contribution in [-0.4, -0.2) is 11.4 Å². The van der Waals surface area contributed by atoms with E-state index < -0.39 is 5.54 Å². The van der Waals surface area contributed by atoms with Gasteiger partial charge in [-0.05, 0) is 43.7 Å². The summed E-state index contributed by atoms with van der Waals surface area (Å²) in [5.74, 6) is -0.161. The molecule has 124 valence electrons. The van der Waals surface area contributed by atoms with E-state index in [1.54, 1.807) is 6.92 Å². The number of para-hydroxylation sites is 1. The monoisotopic (exact) mass is 333 g/mol. The third-order valence-electron chi connectivity index (χ3n) is 3.47. The molecular weight excluding hydrogens is 310 g/mol. The average molecular weight is 334 g/mol. The summed E-state index contributed by atoms with van der Waals surface area (Å²) in [6.07, 6.45) is 1.52. The van der Waals surface area contributed by atoms with Crippen LogP contribution >= 0.6 is 12.4 Å². The molecule has 1 atom stereocenters. The topological polar surface area (TPSA) is 67.2 Å². The zero-order chi connectivity index (χ0) is 16.0. The molecule has 0 aliphatic heterocycles. The lowest BCUT2D eigenvalue weighted by Crippen LogP contribution is -2.48. The van der Waals surface area contributed by atoms with Crippen LogP contribution in [0.2, 0.25) is 0 Å². The van der Waals surface area contributed by atoms with Gasteiger partial charge in [-0.15, -0.1) is 12.4 Å². The van der Waals surface area contributed by atoms with Crippen molar-refractivity contribution in [2.45, 2.75) is 32.2 Å². The molecule has 4 N–H and O–H groups in total. The van der Waals surface area contributed by atoms with E-state index in [0.717, 1.165) is 23.5 Å². The Morgan fingerprint density at radius 3 is 2.30 bits per heavy atom. The molecule has 0 aliphatic carbocycles. The van der Waals surface area contributed by atoms with Gasteiger partial charge in [0.05, 0.1) is 5.54 Å². The summed E-state index contributed by atoms with van der Waals surface area (Å²) in [4.78, 5) is 12.2. The number of carbonyl (C=O) groups excluding carboxylic acids is 1. The van der Waals surface area contributed by atoms with E-state index in [1.165, 1.54) is 0 Å². The number of hydrogen-bond acceptors (Lipinski definition) is 3. The largest absolute Gasteiger partial charge is 0.355 e. The first-order valence-corrected chi connectivity index (χ1v) is 7.54. The van der Waals surface area contributed by atoms with Crippen LogP contribution in [-0.2, 0) is 4.79 Å². The normalized spacial score (nSPS) is 12.7. The van der Waals surface area contributed by atoms with E-state index in [9.17, 15) is 4.79 Å². The highest BCUT2D eigenvalue weighted by molar-refractivity contribution is 5.98. The van der Waals surface area contributed by atoms with Crippen LogP contribution in [0.1, 0.15) is 26.7 Å². The van der Waals surface area contributed by atoms with Gasteiger partial charge in [0, 0.05) is 17.1 Å². The van der Waals surface area contributed by atoms with Gasteiger partial charge in [0.1, 0.15) is 0 Å². The fraction of sp³-hybridized carbons (Fsp3) is 0.278. The number of hydrogen-bond donors (Lipinski definition) is 3. The third-order valence-corrected chi connectivity index (χ3v) is 3.47. The average Bonchev–Trinajstić information content (AvgIpc) is 2.48. The van der Waals surface area contributed by atoms with Crippen molar-refractivity contribution in [3.63, 3.8) is 0 Å². The SMILES string of the molecule is CCCC(C)(N)C(=O)Nc1cccc(Nc2ccccc2)c1.Cl. The summed E-state index contributed by atoms with van der Waals surface area (Å²) >= 11 is 0. The van der Waals surface area contributed by atoms with E-state index in [0.29, 0.717) is 6.42 Å². The maximum absolute atomic E-state index is 12.2. The lowest BCUT2D eigenvalue weighted by atomic mass is 9.96. The second-order valence-corrected chi connectivity index (χ2v) is 5.69. The highest BCUT2D eigenvalue weighted by Crippen LogP contribution is 2.21. The zero-order valence-electron chi connectivity index (χ0n) is 13.5. The summed E-state index contributed by atoms with van der Waals surface area (Å²) in [5.41, 5.74) is 7.85. The van der Waals surface area contributed by atoms with E-state index in [2.05, 4.69) is 10.6 Å². The van der Waals surface area contributed by atoms with Crippen molar-refractivity contribution < 1.29 is 4.79 Å². The number of halogens is 1. The molecule has 23 heavy (non-hydrogen) atoms. The van der Waals surface area contributed by atoms with Gasteiger partial charge in [0.15, 0.2) is 0 Å². The summed E-state index contributed by atoms with van der Waals surface area (Å²) in [5, 5.41) is 6.19. The van der Waals surface area contributed by atoms with Gasteiger partial charge in [-0.1, -0.05) is 37.6 Å². The van der Waals surface area contributed by atoms with Crippen molar-refractivity contribution in [1.82, 2.24) is 0 Å². The first-order chi connectivity index (χ1) is 10.5. The van der Waals surface area contributed by atoms with Crippen LogP contribution in [0.15, 0.2) is 54.6 Å². The lowest BCUT2D eigenvalue weighted by molar-refractivity contribution is -0.120. The van der Waals surface area contributed by atoms with E-state index in [-0.39, 0.29) is 18.3 Å². The van der Waals surface area contributed by atoms with Crippen molar-refractivity contribution >= 4 is 35.4 Å². The number of benzene rings is 2. The molecule has 0 aliphatic rings. The molecule has 0 saturated carbocycles. The first-order valence-electron chi connectivity index (χ1n) is 7.54. The summed E-state index contributed by atoms with van der Waals surface area (Å²) in [6, 6.07) is 17.5. The predicted octanol–water partition coefficient (Wildman–Crippen LogP) is 4.31. The Kier molecular flexibility index (Phi) is 7.07. The Morgan fingerprint density at radius 1 is 1.04 bits per heavy atom. The van der Waals surface area contributed by atoms with Crippen LogP contribution in [0, 0.1) is 0 Å². The summed E-state index contributed by atoms with van der Waals surface area (Å²) in [7, 11) is 0. The summed E-state index contributed by atoms with van der Waals surface area (Å²) < 4.78 is 0. The first kappa shape index (κ1) is 19.0. The number of rotatable bonds is 6. The van der Waals surface area contributed by atoms with Gasteiger partial charge in [0.25, 0.3) is 0 Å². The molecule has 2 aromatic rings. The fourth-order valence-corrected chi connectivity index (χ4v) is 2.27. The molecular formula is C18H24ClN3O. The van der Waals surface area contributed by atoms with Gasteiger partial charge in [-0.2, -0.15) is 0 Å². The number of carbonyl (C=O) groups is 1. The minimum Gasteiger partial charge on any atom is -0.355 e. The van der Waals surface area contributed by atoms with Crippen LogP contribution < -0.4 is 16.4 Å². The van der Waals surface area contributed by atoms with Crippen LogP contribution in [0.3, 0.4) is 0 Å². The number of amides is 1. The number of nitrogens with one attached hydrogen (secondary N) is 2. The molecule has 2 aromatic carbocycles. The van der Waals surface area contributed by atoms with Crippen LogP contribution in [0.5, 0.6) is 0 Å². The molecule has 0 spiro atoms. The molecule has 1 amide bonds. The molecule has 0 bridgehead atoms. The van der Waals surface area contributed by atoms with Crippen molar-refractivity contribution in [1.29, 1.82) is 0 Å². The van der Waals surface area contributed by atoms with Gasteiger partial charge < -0.3 is 16.4 Å². The van der Waals surface area contributed by atoms with E-state index in [1.807, 2.05) is 61.5 Å². The molecule has 0 heterocycles. The Balaban J connectivity index is 0.00000264. The number of nitrogens with two attached hydrogens (primary N) is 1. The van der Waals surface area contributed by atoms with Gasteiger partial charge in [-0.25, -0.2) is 0 Å². The quantitative estimate of drug-likeness (QED) is 0.738. The number of anilines is 3. The van der Waals surface area contributed by atoms with Crippen molar-refractivity contribution in [2.24, 2.45) is 5.73 Å². The second kappa shape index (κ2) is 8.56. The minimum atomic E-state index is -0.850. The molecule has 5 heteroatoms.